The van der Waals surface area contributed by atoms with Gasteiger partial charge in [-0.15, -0.1) is 0 Å². The first-order valence-electron chi connectivity index (χ1n) is 9.75. The Kier molecular flexibility index (Phi) is 5.94. The molecule has 0 amide bonds. The Bertz CT molecular complexity index is 950. The van der Waals surface area contributed by atoms with Crippen molar-refractivity contribution in [2.24, 2.45) is 5.92 Å². The van der Waals surface area contributed by atoms with Gasteiger partial charge in [-0.3, -0.25) is 0 Å². The average Bonchev–Trinajstić information content (AvgIpc) is 2.71. The quantitative estimate of drug-likeness (QED) is 0.767. The van der Waals surface area contributed by atoms with Gasteiger partial charge < -0.3 is 33.9 Å². The van der Waals surface area contributed by atoms with Gasteiger partial charge in [-0.05, 0) is 42.5 Å². The van der Waals surface area contributed by atoms with E-state index in [-0.39, 0.29) is 17.4 Å². The molecule has 3 rings (SSSR count). The number of fused-ring (bicyclic) bond motifs is 3. The summed E-state index contributed by atoms with van der Waals surface area (Å²) in [6.45, 7) is 3.80. The van der Waals surface area contributed by atoms with Crippen molar-refractivity contribution in [2.45, 2.75) is 32.3 Å². The minimum atomic E-state index is -1.02. The van der Waals surface area contributed by atoms with E-state index in [9.17, 15) is 10.2 Å². The lowest BCUT2D eigenvalue weighted by molar-refractivity contribution is 0.00629. The molecule has 2 atom stereocenters. The summed E-state index contributed by atoms with van der Waals surface area (Å²) in [6.07, 6.45) is 0.888. The fourth-order valence-electron chi connectivity index (χ4n) is 4.24. The SMILES string of the molecule is COc1cc2c(c(OC)c1OC)-c1c(cc(O)c(OC)c1OC)C[C@@](C)(O)[C@H](C)C2. The molecule has 7 heteroatoms. The molecule has 1 aliphatic rings. The Balaban J connectivity index is 2.53. The highest BCUT2D eigenvalue weighted by molar-refractivity contribution is 5.88. The lowest BCUT2D eigenvalue weighted by Crippen LogP contribution is -2.37. The first kappa shape index (κ1) is 21.9. The molecule has 30 heavy (non-hydrogen) atoms. The minimum absolute atomic E-state index is 0.0573. The molecular weight excluding hydrogens is 388 g/mol. The molecule has 0 aliphatic heterocycles. The van der Waals surface area contributed by atoms with Crippen LogP contribution in [0.15, 0.2) is 12.1 Å². The summed E-state index contributed by atoms with van der Waals surface area (Å²) in [5.41, 5.74) is 2.06. The second-order valence-electron chi connectivity index (χ2n) is 7.81. The predicted octanol–water partition coefficient (Wildman–Crippen LogP) is 3.59. The molecule has 2 N–H and O–H groups in total. The molecule has 0 heterocycles. The van der Waals surface area contributed by atoms with E-state index < -0.39 is 5.60 Å². The smallest absolute Gasteiger partial charge is 0.203 e. The van der Waals surface area contributed by atoms with Crippen molar-refractivity contribution >= 4 is 0 Å². The van der Waals surface area contributed by atoms with Gasteiger partial charge in [-0.1, -0.05) is 6.92 Å². The minimum Gasteiger partial charge on any atom is -0.504 e. The average molecular weight is 418 g/mol. The number of rotatable bonds is 5. The molecule has 0 radical (unpaired) electrons. The molecule has 0 fully saturated rings. The first-order chi connectivity index (χ1) is 14.2. The van der Waals surface area contributed by atoms with E-state index in [1.165, 1.54) is 14.2 Å². The Morgan fingerprint density at radius 2 is 1.33 bits per heavy atom. The van der Waals surface area contributed by atoms with Crippen molar-refractivity contribution in [2.75, 3.05) is 35.5 Å². The number of aromatic hydroxyl groups is 1. The fourth-order valence-corrected chi connectivity index (χ4v) is 4.24. The van der Waals surface area contributed by atoms with Crippen molar-refractivity contribution in [3.8, 4) is 45.6 Å². The molecule has 0 saturated carbocycles. The third-order valence-electron chi connectivity index (χ3n) is 6.00. The number of phenols is 1. The molecule has 1 aliphatic carbocycles. The van der Waals surface area contributed by atoms with Crippen molar-refractivity contribution in [1.82, 2.24) is 0 Å². The zero-order chi connectivity index (χ0) is 22.2. The van der Waals surface area contributed by atoms with Gasteiger partial charge in [0.05, 0.1) is 41.2 Å². The summed E-state index contributed by atoms with van der Waals surface area (Å²) in [5, 5.41) is 21.8. The van der Waals surface area contributed by atoms with E-state index in [1.807, 2.05) is 13.0 Å². The Labute approximate surface area is 177 Å². The third kappa shape index (κ3) is 3.37. The Hall–Kier alpha value is -2.80. The molecule has 0 saturated heterocycles. The molecule has 2 aromatic rings. The molecule has 7 nitrogen and oxygen atoms in total. The normalized spacial score (nSPS) is 20.3. The predicted molar refractivity (Wildman–Crippen MR) is 113 cm³/mol. The molecule has 2 aromatic carbocycles. The van der Waals surface area contributed by atoms with Gasteiger partial charge in [0, 0.05) is 17.5 Å². The van der Waals surface area contributed by atoms with Gasteiger partial charge in [0.1, 0.15) is 0 Å². The largest absolute Gasteiger partial charge is 0.504 e. The van der Waals surface area contributed by atoms with Gasteiger partial charge in [-0.25, -0.2) is 0 Å². The van der Waals surface area contributed by atoms with Crippen molar-refractivity contribution < 1.29 is 33.9 Å². The van der Waals surface area contributed by atoms with Gasteiger partial charge in [0.15, 0.2) is 23.0 Å². The second-order valence-corrected chi connectivity index (χ2v) is 7.81. The summed E-state index contributed by atoms with van der Waals surface area (Å²) in [6, 6.07) is 3.51. The molecule has 164 valence electrons. The van der Waals surface area contributed by atoms with Crippen LogP contribution in [-0.4, -0.2) is 51.4 Å². The number of ether oxygens (including phenoxy) is 5. The van der Waals surface area contributed by atoms with Crippen LogP contribution in [0.2, 0.25) is 0 Å². The molecule has 0 bridgehead atoms. The molecule has 0 aromatic heterocycles. The van der Waals surface area contributed by atoms with E-state index in [0.717, 1.165) is 11.1 Å². The maximum atomic E-state index is 11.2. The Morgan fingerprint density at radius 1 is 0.800 bits per heavy atom. The lowest BCUT2D eigenvalue weighted by Gasteiger charge is -2.35. The number of hydrogen-bond donors (Lipinski definition) is 2. The molecule has 0 spiro atoms. The van der Waals surface area contributed by atoms with Crippen molar-refractivity contribution in [3.05, 3.63) is 23.3 Å². The highest BCUT2D eigenvalue weighted by Gasteiger charge is 2.37. The van der Waals surface area contributed by atoms with E-state index in [2.05, 4.69) is 0 Å². The van der Waals surface area contributed by atoms with Crippen LogP contribution in [0.4, 0.5) is 0 Å². The lowest BCUT2D eigenvalue weighted by atomic mass is 9.75. The number of aliphatic hydroxyl groups is 1. The second kappa shape index (κ2) is 8.14. The van der Waals surface area contributed by atoms with Crippen LogP contribution >= 0.6 is 0 Å². The van der Waals surface area contributed by atoms with Crippen LogP contribution in [0.3, 0.4) is 0 Å². The van der Waals surface area contributed by atoms with Crippen LogP contribution in [0, 0.1) is 5.92 Å². The summed E-state index contributed by atoms with van der Waals surface area (Å²) in [5.74, 6) is 1.93. The van der Waals surface area contributed by atoms with E-state index in [4.69, 9.17) is 23.7 Å². The van der Waals surface area contributed by atoms with Gasteiger partial charge in [0.25, 0.3) is 0 Å². The highest BCUT2D eigenvalue weighted by atomic mass is 16.5. The first-order valence-corrected chi connectivity index (χ1v) is 9.75. The van der Waals surface area contributed by atoms with Gasteiger partial charge >= 0.3 is 0 Å². The van der Waals surface area contributed by atoms with Gasteiger partial charge in [-0.2, -0.15) is 0 Å². The van der Waals surface area contributed by atoms with Crippen molar-refractivity contribution in [3.63, 3.8) is 0 Å². The molecule has 0 unspecified atom stereocenters. The summed E-state index contributed by atoms with van der Waals surface area (Å²) < 4.78 is 28.1. The van der Waals surface area contributed by atoms with Crippen LogP contribution < -0.4 is 23.7 Å². The summed E-state index contributed by atoms with van der Waals surface area (Å²) in [4.78, 5) is 0. The van der Waals surface area contributed by atoms with Crippen LogP contribution in [0.25, 0.3) is 11.1 Å². The summed E-state index contributed by atoms with van der Waals surface area (Å²) >= 11 is 0. The van der Waals surface area contributed by atoms with Crippen LogP contribution in [-0.2, 0) is 12.8 Å². The van der Waals surface area contributed by atoms with E-state index in [0.29, 0.717) is 47.0 Å². The zero-order valence-corrected chi connectivity index (χ0v) is 18.6. The molecular formula is C23H30O7. The van der Waals surface area contributed by atoms with E-state index >= 15 is 0 Å². The van der Waals surface area contributed by atoms with Crippen molar-refractivity contribution in [1.29, 1.82) is 0 Å². The standard InChI is InChI=1S/C23H30O7/c1-12-8-13-10-16(26-3)20(28-5)22(30-7)17(13)18-14(11-23(12,2)25)9-15(24)19(27-4)21(18)29-6/h9-10,12,24-25H,8,11H2,1-7H3/t12-,23-/m1/s1. The highest BCUT2D eigenvalue weighted by Crippen LogP contribution is 2.55. The maximum Gasteiger partial charge on any atom is 0.203 e. The fraction of sp³-hybridized carbons (Fsp3) is 0.478. The van der Waals surface area contributed by atoms with Crippen LogP contribution in [0.5, 0.6) is 34.5 Å². The van der Waals surface area contributed by atoms with Crippen LogP contribution in [0.1, 0.15) is 25.0 Å². The Morgan fingerprint density at radius 3 is 1.87 bits per heavy atom. The zero-order valence-electron chi connectivity index (χ0n) is 18.6. The number of phenolic OH excluding ortho intramolecular Hbond substituents is 1. The topological polar surface area (TPSA) is 86.6 Å². The number of hydrogen-bond acceptors (Lipinski definition) is 7. The van der Waals surface area contributed by atoms with E-state index in [1.54, 1.807) is 34.3 Å². The number of methoxy groups -OCH3 is 5. The summed E-state index contributed by atoms with van der Waals surface area (Å²) in [7, 11) is 7.68. The maximum absolute atomic E-state index is 11.2. The monoisotopic (exact) mass is 418 g/mol. The third-order valence-corrected chi connectivity index (χ3v) is 6.00. The number of benzene rings is 2. The van der Waals surface area contributed by atoms with Gasteiger partial charge in [0.2, 0.25) is 11.5 Å².